The van der Waals surface area contributed by atoms with E-state index < -0.39 is 12.1 Å². The van der Waals surface area contributed by atoms with E-state index in [-0.39, 0.29) is 5.56 Å². The van der Waals surface area contributed by atoms with E-state index in [0.29, 0.717) is 16.5 Å². The number of nitrogens with one attached hydrogen (secondary N) is 1. The van der Waals surface area contributed by atoms with Crippen LogP contribution in [0.3, 0.4) is 0 Å². The second kappa shape index (κ2) is 4.91. The fourth-order valence-electron chi connectivity index (χ4n) is 1.70. The molecule has 0 amide bonds. The van der Waals surface area contributed by atoms with E-state index in [1.807, 2.05) is 0 Å². The highest BCUT2D eigenvalue weighted by molar-refractivity contribution is 5.87. The van der Waals surface area contributed by atoms with Crippen LogP contribution in [-0.4, -0.2) is 24.2 Å². The van der Waals surface area contributed by atoms with E-state index in [1.165, 1.54) is 7.11 Å². The number of esters is 1. The molecule has 0 spiro atoms. The summed E-state index contributed by atoms with van der Waals surface area (Å²) in [6.45, 7) is 1.60. The number of aromatic amines is 1. The molecule has 2 aromatic rings. The summed E-state index contributed by atoms with van der Waals surface area (Å²) in [5.74, 6) is 0.0216. The summed E-state index contributed by atoms with van der Waals surface area (Å²) < 4.78 is 10.1. The number of H-pyrrole nitrogens is 1. The van der Waals surface area contributed by atoms with Gasteiger partial charge in [0.05, 0.1) is 12.5 Å². The molecule has 1 aromatic carbocycles. The zero-order valence-electron chi connectivity index (χ0n) is 10.1. The number of benzene rings is 1. The Labute approximate surface area is 103 Å². The van der Waals surface area contributed by atoms with Crippen LogP contribution in [0.4, 0.5) is 0 Å². The van der Waals surface area contributed by atoms with Crippen molar-refractivity contribution in [3.8, 4) is 5.75 Å². The van der Waals surface area contributed by atoms with Crippen molar-refractivity contribution in [2.75, 3.05) is 7.11 Å². The molecule has 5 nitrogen and oxygen atoms in total. The number of hydrogen-bond donors (Lipinski definition) is 1. The topological polar surface area (TPSA) is 68.4 Å². The van der Waals surface area contributed by atoms with Gasteiger partial charge in [0.15, 0.2) is 6.10 Å². The largest absolute Gasteiger partial charge is 0.478 e. The number of fused-ring (bicyclic) bond motifs is 1. The average Bonchev–Trinajstić information content (AvgIpc) is 2.39. The molecule has 18 heavy (non-hydrogen) atoms. The molecule has 0 aliphatic carbocycles. The van der Waals surface area contributed by atoms with Crippen molar-refractivity contribution >= 4 is 16.7 Å². The molecule has 0 saturated carbocycles. The van der Waals surface area contributed by atoms with Crippen LogP contribution in [0.5, 0.6) is 5.75 Å². The summed E-state index contributed by atoms with van der Waals surface area (Å²) >= 11 is 0. The van der Waals surface area contributed by atoms with E-state index in [9.17, 15) is 9.59 Å². The minimum Gasteiger partial charge on any atom is -0.478 e. The Bertz CT molecular complexity index is 632. The third-order valence-corrected chi connectivity index (χ3v) is 2.61. The molecule has 2 rings (SSSR count). The lowest BCUT2D eigenvalue weighted by atomic mass is 10.1. The zero-order chi connectivity index (χ0) is 13.1. The van der Waals surface area contributed by atoms with Gasteiger partial charge in [-0.1, -0.05) is 6.07 Å². The smallest absolute Gasteiger partial charge is 0.346 e. The summed E-state index contributed by atoms with van der Waals surface area (Å²) in [4.78, 5) is 25.5. The molecular formula is C13H13NO4. The Morgan fingerprint density at radius 1 is 1.28 bits per heavy atom. The summed E-state index contributed by atoms with van der Waals surface area (Å²) in [6.07, 6.45) is 0.820. The van der Waals surface area contributed by atoms with Crippen molar-refractivity contribution in [3.05, 3.63) is 40.8 Å². The monoisotopic (exact) mass is 247 g/mol. The van der Waals surface area contributed by atoms with Gasteiger partial charge in [0, 0.05) is 11.6 Å². The predicted molar refractivity (Wildman–Crippen MR) is 66.7 cm³/mol. The van der Waals surface area contributed by atoms with Crippen LogP contribution < -0.4 is 10.3 Å². The first kappa shape index (κ1) is 12.2. The number of aromatic nitrogens is 1. The van der Waals surface area contributed by atoms with Crippen LogP contribution in [0.25, 0.3) is 10.8 Å². The van der Waals surface area contributed by atoms with Gasteiger partial charge in [-0.2, -0.15) is 0 Å². The average molecular weight is 247 g/mol. The number of rotatable bonds is 3. The third-order valence-electron chi connectivity index (χ3n) is 2.61. The van der Waals surface area contributed by atoms with Gasteiger partial charge >= 0.3 is 5.97 Å². The Morgan fingerprint density at radius 2 is 2.06 bits per heavy atom. The molecule has 0 saturated heterocycles. The maximum atomic E-state index is 11.6. The van der Waals surface area contributed by atoms with E-state index in [1.54, 1.807) is 37.4 Å². The normalized spacial score (nSPS) is 12.1. The van der Waals surface area contributed by atoms with Crippen molar-refractivity contribution in [1.29, 1.82) is 0 Å². The highest BCUT2D eigenvalue weighted by Crippen LogP contribution is 2.23. The first-order valence-corrected chi connectivity index (χ1v) is 5.48. The number of carbonyl (C=O) groups excluding carboxylic acids is 1. The number of pyridine rings is 1. The fourth-order valence-corrected chi connectivity index (χ4v) is 1.70. The van der Waals surface area contributed by atoms with Crippen LogP contribution in [0.2, 0.25) is 0 Å². The lowest BCUT2D eigenvalue weighted by Gasteiger charge is -2.13. The highest BCUT2D eigenvalue weighted by Gasteiger charge is 2.16. The van der Waals surface area contributed by atoms with Gasteiger partial charge < -0.3 is 14.5 Å². The van der Waals surface area contributed by atoms with E-state index in [4.69, 9.17) is 4.74 Å². The van der Waals surface area contributed by atoms with Crippen molar-refractivity contribution in [1.82, 2.24) is 4.98 Å². The minimum atomic E-state index is -0.722. The number of hydrogen-bond acceptors (Lipinski definition) is 4. The lowest BCUT2D eigenvalue weighted by molar-refractivity contribution is -0.147. The molecule has 0 radical (unpaired) electrons. The van der Waals surface area contributed by atoms with Gasteiger partial charge in [-0.25, -0.2) is 4.79 Å². The Balaban J connectivity index is 2.43. The molecule has 5 heteroatoms. The van der Waals surface area contributed by atoms with Gasteiger partial charge in [0.1, 0.15) is 5.75 Å². The van der Waals surface area contributed by atoms with Gasteiger partial charge in [-0.15, -0.1) is 0 Å². The van der Waals surface area contributed by atoms with Crippen LogP contribution in [0.1, 0.15) is 6.92 Å². The Hall–Kier alpha value is -2.30. The zero-order valence-corrected chi connectivity index (χ0v) is 10.1. The highest BCUT2D eigenvalue weighted by atomic mass is 16.6. The van der Waals surface area contributed by atoms with Crippen molar-refractivity contribution in [2.24, 2.45) is 0 Å². The molecule has 0 fully saturated rings. The number of carbonyl (C=O) groups is 1. The molecular weight excluding hydrogens is 234 g/mol. The van der Waals surface area contributed by atoms with Crippen LogP contribution >= 0.6 is 0 Å². The van der Waals surface area contributed by atoms with Crippen LogP contribution in [0.15, 0.2) is 35.3 Å². The second-order valence-corrected chi connectivity index (χ2v) is 3.81. The van der Waals surface area contributed by atoms with E-state index in [2.05, 4.69) is 9.72 Å². The van der Waals surface area contributed by atoms with Gasteiger partial charge in [0.2, 0.25) is 0 Å². The van der Waals surface area contributed by atoms with E-state index in [0.717, 1.165) is 0 Å². The predicted octanol–water partition coefficient (Wildman–Crippen LogP) is 1.47. The molecule has 1 N–H and O–H groups in total. The van der Waals surface area contributed by atoms with Gasteiger partial charge in [-0.3, -0.25) is 4.79 Å². The first-order chi connectivity index (χ1) is 8.63. The molecule has 0 aliphatic heterocycles. The van der Waals surface area contributed by atoms with Gasteiger partial charge in [-0.05, 0) is 25.1 Å². The maximum Gasteiger partial charge on any atom is 0.346 e. The lowest BCUT2D eigenvalue weighted by Crippen LogP contribution is -2.25. The minimum absolute atomic E-state index is 0.191. The standard InChI is InChI=1S/C13H13NO4/c1-8(13(16)17-2)18-11-5-3-4-10-9(11)6-7-14-12(10)15/h3-8H,1-2H3,(H,14,15)/t8-/m0/s1. The number of ether oxygens (including phenoxy) is 2. The summed E-state index contributed by atoms with van der Waals surface area (Å²) in [6, 6.07) is 6.85. The van der Waals surface area contributed by atoms with E-state index >= 15 is 0 Å². The Morgan fingerprint density at radius 3 is 2.78 bits per heavy atom. The summed E-state index contributed by atoms with van der Waals surface area (Å²) in [5, 5.41) is 1.18. The molecule has 0 aliphatic rings. The van der Waals surface area contributed by atoms with Crippen LogP contribution in [0, 0.1) is 0 Å². The molecule has 1 aromatic heterocycles. The van der Waals surface area contributed by atoms with Crippen LogP contribution in [-0.2, 0) is 9.53 Å². The SMILES string of the molecule is COC(=O)[C@H](C)Oc1cccc2c(=O)[nH]ccc12. The summed E-state index contributed by atoms with van der Waals surface area (Å²) in [5.41, 5.74) is -0.191. The van der Waals surface area contributed by atoms with Gasteiger partial charge in [0.25, 0.3) is 5.56 Å². The second-order valence-electron chi connectivity index (χ2n) is 3.81. The summed E-state index contributed by atoms with van der Waals surface area (Å²) in [7, 11) is 1.30. The third kappa shape index (κ3) is 2.20. The molecule has 94 valence electrons. The quantitative estimate of drug-likeness (QED) is 0.834. The molecule has 0 bridgehead atoms. The number of methoxy groups -OCH3 is 1. The van der Waals surface area contributed by atoms with Crippen molar-refractivity contribution in [2.45, 2.75) is 13.0 Å². The molecule has 1 atom stereocenters. The van der Waals surface area contributed by atoms with Crippen molar-refractivity contribution < 1.29 is 14.3 Å². The first-order valence-electron chi connectivity index (χ1n) is 5.48. The van der Waals surface area contributed by atoms with Crippen molar-refractivity contribution in [3.63, 3.8) is 0 Å². The fraction of sp³-hybridized carbons (Fsp3) is 0.231. The maximum absolute atomic E-state index is 11.6. The Kier molecular flexibility index (Phi) is 3.32. The molecule has 1 heterocycles. The molecule has 0 unspecified atom stereocenters.